The topological polar surface area (TPSA) is 82.8 Å². The van der Waals surface area contributed by atoms with Crippen molar-refractivity contribution >= 4 is 28.3 Å². The largest absolute Gasteiger partial charge is 0.490 e. The molecular weight excluding hydrogens is 402 g/mol. The number of aromatic nitrogens is 3. The Labute approximate surface area is 175 Å². The molecule has 0 spiro atoms. The second kappa shape index (κ2) is 8.30. The average molecular weight is 419 g/mol. The molecule has 0 bridgehead atoms. The quantitative estimate of drug-likeness (QED) is 0.272. The Balaban J connectivity index is 1.68. The number of carbonyl (C=O) groups excluding carboxylic acids is 1. The van der Waals surface area contributed by atoms with Crippen LogP contribution >= 0.6 is 11.3 Å². The van der Waals surface area contributed by atoms with E-state index < -0.39 is 5.97 Å². The highest BCUT2D eigenvalue weighted by Crippen LogP contribution is 2.27. The van der Waals surface area contributed by atoms with Crippen LogP contribution in [-0.2, 0) is 4.79 Å². The highest BCUT2D eigenvalue weighted by molar-refractivity contribution is 7.15. The first-order chi connectivity index (χ1) is 14.5. The first-order valence-corrected chi connectivity index (χ1v) is 9.89. The molecule has 0 saturated heterocycles. The lowest BCUT2D eigenvalue weighted by Crippen LogP contribution is -2.23. The number of benzene rings is 2. The van der Waals surface area contributed by atoms with E-state index in [1.807, 2.05) is 24.3 Å². The molecule has 0 N–H and O–H groups in total. The molecule has 4 rings (SSSR count). The van der Waals surface area contributed by atoms with Gasteiger partial charge >= 0.3 is 5.97 Å². The maximum atomic E-state index is 12.8. The fourth-order valence-corrected chi connectivity index (χ4v) is 3.72. The van der Waals surface area contributed by atoms with Crippen LogP contribution in [0.3, 0.4) is 0 Å². The lowest BCUT2D eigenvalue weighted by Gasteiger charge is -2.04. The van der Waals surface area contributed by atoms with Crippen LogP contribution in [0, 0.1) is 0 Å². The molecule has 0 aliphatic carbocycles. The van der Waals surface area contributed by atoms with E-state index in [0.717, 1.165) is 11.3 Å². The van der Waals surface area contributed by atoms with Gasteiger partial charge in [0.05, 0.1) is 10.1 Å². The van der Waals surface area contributed by atoms with Crippen molar-refractivity contribution in [3.63, 3.8) is 0 Å². The van der Waals surface area contributed by atoms with Crippen molar-refractivity contribution < 1.29 is 14.3 Å². The number of esters is 1. The van der Waals surface area contributed by atoms with Crippen LogP contribution in [0.25, 0.3) is 22.4 Å². The Morgan fingerprint density at radius 3 is 2.67 bits per heavy atom. The van der Waals surface area contributed by atoms with Crippen LogP contribution in [0.1, 0.15) is 12.5 Å². The first-order valence-electron chi connectivity index (χ1n) is 9.08. The number of nitrogens with zero attached hydrogens (tertiary/aromatic N) is 3. The molecule has 0 amide bonds. The summed E-state index contributed by atoms with van der Waals surface area (Å²) in [4.78, 5) is 29.0. The number of hydrogen-bond donors (Lipinski definition) is 0. The van der Waals surface area contributed by atoms with Gasteiger partial charge in [-0.25, -0.2) is 0 Å². The van der Waals surface area contributed by atoms with Gasteiger partial charge in [-0.2, -0.15) is 9.50 Å². The number of rotatable bonds is 6. The second-order valence-corrected chi connectivity index (χ2v) is 7.31. The predicted molar refractivity (Wildman–Crippen MR) is 115 cm³/mol. The molecule has 4 aromatic rings. The minimum Gasteiger partial charge on any atom is -0.490 e. The van der Waals surface area contributed by atoms with E-state index in [1.54, 1.807) is 36.4 Å². The summed E-state index contributed by atoms with van der Waals surface area (Å²) in [7, 11) is 0. The summed E-state index contributed by atoms with van der Waals surface area (Å²) in [5.74, 6) is 0.964. The Hall–Kier alpha value is -3.78. The van der Waals surface area contributed by atoms with Gasteiger partial charge in [0.15, 0.2) is 5.82 Å². The van der Waals surface area contributed by atoms with Gasteiger partial charge in [-0.1, -0.05) is 48.3 Å². The van der Waals surface area contributed by atoms with Crippen molar-refractivity contribution in [1.82, 2.24) is 14.6 Å². The van der Waals surface area contributed by atoms with Crippen molar-refractivity contribution in [3.05, 3.63) is 81.6 Å². The SMILES string of the molecule is C=CCOc1ccc(C=c2sc3nc(-c4ccccc4OC(C)=O)nn3c2=O)cc1. The number of carbonyl (C=O) groups is 1. The van der Waals surface area contributed by atoms with Crippen molar-refractivity contribution in [3.8, 4) is 22.9 Å². The van der Waals surface area contributed by atoms with Crippen LogP contribution in [0.4, 0.5) is 0 Å². The normalized spacial score (nSPS) is 11.6. The summed E-state index contributed by atoms with van der Waals surface area (Å²) in [5, 5.41) is 4.32. The van der Waals surface area contributed by atoms with Crippen molar-refractivity contribution in [2.75, 3.05) is 6.61 Å². The molecule has 30 heavy (non-hydrogen) atoms. The molecule has 7 nitrogen and oxygen atoms in total. The van der Waals surface area contributed by atoms with Crippen molar-refractivity contribution in [2.24, 2.45) is 0 Å². The minimum atomic E-state index is -0.439. The molecule has 0 fully saturated rings. The number of thiazole rings is 1. The summed E-state index contributed by atoms with van der Waals surface area (Å²) < 4.78 is 12.5. The summed E-state index contributed by atoms with van der Waals surface area (Å²) in [6, 6.07) is 14.3. The molecule has 2 aromatic carbocycles. The van der Waals surface area contributed by atoms with Gasteiger partial charge in [-0.15, -0.1) is 5.10 Å². The fourth-order valence-electron chi connectivity index (χ4n) is 2.81. The van der Waals surface area contributed by atoms with Gasteiger partial charge < -0.3 is 9.47 Å². The summed E-state index contributed by atoms with van der Waals surface area (Å²) in [6.45, 7) is 5.38. The van der Waals surface area contributed by atoms with E-state index >= 15 is 0 Å². The molecule has 0 atom stereocenters. The highest BCUT2D eigenvalue weighted by Gasteiger charge is 2.16. The van der Waals surface area contributed by atoms with E-state index in [2.05, 4.69) is 16.7 Å². The number of hydrogen-bond acceptors (Lipinski definition) is 7. The van der Waals surface area contributed by atoms with Gasteiger partial charge in [0.2, 0.25) is 4.96 Å². The third kappa shape index (κ3) is 3.99. The molecular formula is C22H17N3O4S. The predicted octanol–water partition coefficient (Wildman–Crippen LogP) is 2.86. The molecule has 0 radical (unpaired) electrons. The summed E-state index contributed by atoms with van der Waals surface area (Å²) in [6.07, 6.45) is 3.46. The van der Waals surface area contributed by atoms with E-state index in [1.165, 1.54) is 22.8 Å². The molecule has 150 valence electrons. The van der Waals surface area contributed by atoms with Gasteiger partial charge in [-0.3, -0.25) is 9.59 Å². The second-order valence-electron chi connectivity index (χ2n) is 6.30. The Morgan fingerprint density at radius 2 is 1.97 bits per heavy atom. The fraction of sp³-hybridized carbons (Fsp3) is 0.0909. The molecule has 0 aliphatic rings. The van der Waals surface area contributed by atoms with Gasteiger partial charge in [-0.05, 0) is 35.9 Å². The van der Waals surface area contributed by atoms with Crippen LogP contribution in [0.5, 0.6) is 11.5 Å². The molecule has 0 aliphatic heterocycles. The third-order valence-electron chi connectivity index (χ3n) is 4.11. The molecule has 8 heteroatoms. The third-order valence-corrected chi connectivity index (χ3v) is 5.07. The highest BCUT2D eigenvalue weighted by atomic mass is 32.1. The molecule has 2 aromatic heterocycles. The number of fused-ring (bicyclic) bond motifs is 1. The maximum Gasteiger partial charge on any atom is 0.308 e. The number of para-hydroxylation sites is 1. The summed E-state index contributed by atoms with van der Waals surface area (Å²) in [5.41, 5.74) is 1.15. The van der Waals surface area contributed by atoms with E-state index in [9.17, 15) is 9.59 Å². The van der Waals surface area contributed by atoms with Crippen molar-refractivity contribution in [1.29, 1.82) is 0 Å². The Bertz CT molecular complexity index is 1340. The first kappa shape index (κ1) is 19.5. The van der Waals surface area contributed by atoms with Crippen LogP contribution in [0.15, 0.2) is 66.0 Å². The van der Waals surface area contributed by atoms with Crippen LogP contribution < -0.4 is 19.6 Å². The lowest BCUT2D eigenvalue weighted by molar-refractivity contribution is -0.131. The lowest BCUT2D eigenvalue weighted by atomic mass is 10.2. The zero-order valence-electron chi connectivity index (χ0n) is 16.1. The smallest absolute Gasteiger partial charge is 0.308 e. The van der Waals surface area contributed by atoms with Gasteiger partial charge in [0, 0.05) is 6.92 Å². The van der Waals surface area contributed by atoms with E-state index in [4.69, 9.17) is 9.47 Å². The monoisotopic (exact) mass is 419 g/mol. The molecule has 0 unspecified atom stereocenters. The Kier molecular flexibility index (Phi) is 5.40. The zero-order valence-corrected chi connectivity index (χ0v) is 16.9. The van der Waals surface area contributed by atoms with Gasteiger partial charge in [0.25, 0.3) is 5.56 Å². The summed E-state index contributed by atoms with van der Waals surface area (Å²) >= 11 is 1.24. The Morgan fingerprint density at radius 1 is 1.20 bits per heavy atom. The minimum absolute atomic E-state index is 0.259. The van der Waals surface area contributed by atoms with E-state index in [0.29, 0.717) is 33.2 Å². The standard InChI is InChI=1S/C22H17N3O4S/c1-3-12-28-16-10-8-15(9-11-16)13-19-21(27)25-22(30-19)23-20(24-25)17-6-4-5-7-18(17)29-14(2)26/h3-11,13H,1,12H2,2H3. The zero-order chi connectivity index (χ0) is 21.1. The average Bonchev–Trinajstić information content (AvgIpc) is 3.27. The number of ether oxygens (including phenoxy) is 2. The van der Waals surface area contributed by atoms with Crippen molar-refractivity contribution in [2.45, 2.75) is 6.92 Å². The maximum absolute atomic E-state index is 12.8. The molecule has 0 saturated carbocycles. The van der Waals surface area contributed by atoms with Crippen LogP contribution in [-0.4, -0.2) is 27.2 Å². The van der Waals surface area contributed by atoms with Gasteiger partial charge in [0.1, 0.15) is 18.1 Å². The van der Waals surface area contributed by atoms with E-state index in [-0.39, 0.29) is 5.56 Å². The molecule has 2 heterocycles. The van der Waals surface area contributed by atoms with Crippen LogP contribution in [0.2, 0.25) is 0 Å².